The van der Waals surface area contributed by atoms with Gasteiger partial charge >= 0.3 is 0 Å². The third kappa shape index (κ3) is 2.91. The second-order valence-corrected chi connectivity index (χ2v) is 7.87. The van der Waals surface area contributed by atoms with Gasteiger partial charge in [0.05, 0.1) is 5.39 Å². The number of thiophene rings is 1. The number of hydrogen-bond acceptors (Lipinski definition) is 4. The van der Waals surface area contributed by atoms with Crippen molar-refractivity contribution in [2.75, 3.05) is 5.32 Å². The molecule has 0 fully saturated rings. The lowest BCUT2D eigenvalue weighted by Crippen LogP contribution is -2.09. The number of fused-ring (bicyclic) bond motifs is 3. The van der Waals surface area contributed by atoms with Crippen molar-refractivity contribution in [2.24, 2.45) is 5.92 Å². The van der Waals surface area contributed by atoms with E-state index in [9.17, 15) is 0 Å². The maximum Gasteiger partial charge on any atom is 0.225 e. The Morgan fingerprint density at radius 3 is 2.96 bits per heavy atom. The molecule has 2 aromatic heterocycles. The number of halogens is 2. The normalized spacial score (nSPS) is 17.3. The summed E-state index contributed by atoms with van der Waals surface area (Å²) in [6.07, 6.45) is 3.40. The predicted octanol–water partition coefficient (Wildman–Crippen LogP) is 5.87. The molecule has 1 N–H and O–H groups in total. The summed E-state index contributed by atoms with van der Waals surface area (Å²) in [6, 6.07) is 7.61. The molecule has 0 radical (unpaired) electrons. The number of aromatic nitrogens is 2. The van der Waals surface area contributed by atoms with Crippen molar-refractivity contribution >= 4 is 56.3 Å². The Balaban J connectivity index is 1.85. The highest BCUT2D eigenvalue weighted by atomic mass is 35.5. The molecular formula is C17H15Cl2N3S. The van der Waals surface area contributed by atoms with Crippen LogP contribution in [0, 0.1) is 5.92 Å². The standard InChI is InChI=1S/C17H15Cl2N3S/c1-9-5-6-12-13(7-9)23-16-14(12)15(21-17(19)22-16)20-11-4-2-3-10(18)8-11/h2-4,8-9H,5-7H2,1H3,(H,20,21,22). The minimum Gasteiger partial charge on any atom is -0.339 e. The molecule has 2 heterocycles. The second kappa shape index (κ2) is 5.93. The van der Waals surface area contributed by atoms with Gasteiger partial charge in [-0.2, -0.15) is 4.98 Å². The average Bonchev–Trinajstić information content (AvgIpc) is 2.84. The third-order valence-electron chi connectivity index (χ3n) is 4.22. The lowest BCUT2D eigenvalue weighted by Gasteiger charge is -2.18. The summed E-state index contributed by atoms with van der Waals surface area (Å²) in [5, 5.41) is 5.43. The van der Waals surface area contributed by atoms with E-state index in [0.717, 1.165) is 40.5 Å². The van der Waals surface area contributed by atoms with Gasteiger partial charge in [-0.05, 0) is 60.5 Å². The second-order valence-electron chi connectivity index (χ2n) is 6.01. The number of hydrogen-bond donors (Lipinski definition) is 1. The van der Waals surface area contributed by atoms with E-state index in [2.05, 4.69) is 22.2 Å². The summed E-state index contributed by atoms with van der Waals surface area (Å²) in [5.41, 5.74) is 2.28. The van der Waals surface area contributed by atoms with E-state index < -0.39 is 0 Å². The van der Waals surface area contributed by atoms with Crippen molar-refractivity contribution in [1.82, 2.24) is 9.97 Å². The van der Waals surface area contributed by atoms with Crippen LogP contribution in [0.25, 0.3) is 10.2 Å². The van der Waals surface area contributed by atoms with Gasteiger partial charge in [0.2, 0.25) is 5.28 Å². The third-order valence-corrected chi connectivity index (χ3v) is 5.77. The molecular weight excluding hydrogens is 349 g/mol. The molecule has 3 aromatic rings. The SMILES string of the molecule is CC1CCc2c(sc3nc(Cl)nc(Nc4cccc(Cl)c4)c23)C1. The van der Waals surface area contributed by atoms with E-state index in [1.165, 1.54) is 16.9 Å². The van der Waals surface area contributed by atoms with Crippen molar-refractivity contribution in [3.05, 3.63) is 45.0 Å². The molecule has 118 valence electrons. The van der Waals surface area contributed by atoms with Crippen LogP contribution in [-0.4, -0.2) is 9.97 Å². The van der Waals surface area contributed by atoms with Crippen molar-refractivity contribution in [3.8, 4) is 0 Å². The molecule has 0 saturated heterocycles. The first-order valence-electron chi connectivity index (χ1n) is 7.60. The first-order chi connectivity index (χ1) is 11.1. The molecule has 1 aliphatic rings. The molecule has 1 aromatic carbocycles. The van der Waals surface area contributed by atoms with Gasteiger partial charge in [0.1, 0.15) is 10.6 Å². The molecule has 1 unspecified atom stereocenters. The van der Waals surface area contributed by atoms with Crippen molar-refractivity contribution in [1.29, 1.82) is 0 Å². The number of rotatable bonds is 2. The fourth-order valence-electron chi connectivity index (χ4n) is 3.11. The first-order valence-corrected chi connectivity index (χ1v) is 9.18. The van der Waals surface area contributed by atoms with Crippen LogP contribution in [0.4, 0.5) is 11.5 Å². The topological polar surface area (TPSA) is 37.8 Å². The van der Waals surface area contributed by atoms with Crippen LogP contribution in [0.5, 0.6) is 0 Å². The van der Waals surface area contributed by atoms with Gasteiger partial charge in [-0.3, -0.25) is 0 Å². The highest BCUT2D eigenvalue weighted by Crippen LogP contribution is 2.41. The maximum absolute atomic E-state index is 6.13. The monoisotopic (exact) mass is 363 g/mol. The van der Waals surface area contributed by atoms with E-state index in [0.29, 0.717) is 5.02 Å². The Bertz CT molecular complexity index is 891. The van der Waals surface area contributed by atoms with E-state index in [-0.39, 0.29) is 5.28 Å². The molecule has 0 saturated carbocycles. The molecule has 3 nitrogen and oxygen atoms in total. The minimum atomic E-state index is 0.272. The van der Waals surface area contributed by atoms with Gasteiger partial charge in [0.25, 0.3) is 0 Å². The number of nitrogens with zero attached hydrogens (tertiary/aromatic N) is 2. The van der Waals surface area contributed by atoms with Crippen LogP contribution in [0.15, 0.2) is 24.3 Å². The van der Waals surface area contributed by atoms with Gasteiger partial charge in [-0.25, -0.2) is 4.98 Å². The number of anilines is 2. The summed E-state index contributed by atoms with van der Waals surface area (Å²) in [6.45, 7) is 2.30. The summed E-state index contributed by atoms with van der Waals surface area (Å²) in [5.74, 6) is 1.50. The van der Waals surface area contributed by atoms with Crippen LogP contribution in [-0.2, 0) is 12.8 Å². The zero-order valence-corrected chi connectivity index (χ0v) is 14.9. The Labute approximate surface area is 148 Å². The van der Waals surface area contributed by atoms with Gasteiger partial charge in [-0.15, -0.1) is 11.3 Å². The number of nitrogens with one attached hydrogen (secondary N) is 1. The van der Waals surface area contributed by atoms with Gasteiger partial charge in [0, 0.05) is 15.6 Å². The molecule has 4 rings (SSSR count). The van der Waals surface area contributed by atoms with Crippen molar-refractivity contribution in [3.63, 3.8) is 0 Å². The zero-order chi connectivity index (χ0) is 16.0. The molecule has 6 heteroatoms. The van der Waals surface area contributed by atoms with Crippen LogP contribution in [0.3, 0.4) is 0 Å². The fraction of sp³-hybridized carbons (Fsp3) is 0.294. The average molecular weight is 364 g/mol. The summed E-state index contributed by atoms with van der Waals surface area (Å²) < 4.78 is 0. The molecule has 0 bridgehead atoms. The van der Waals surface area contributed by atoms with Crippen LogP contribution in [0.1, 0.15) is 23.8 Å². The predicted molar refractivity (Wildman–Crippen MR) is 98.3 cm³/mol. The maximum atomic E-state index is 6.13. The van der Waals surface area contributed by atoms with Crippen LogP contribution < -0.4 is 5.32 Å². The zero-order valence-electron chi connectivity index (χ0n) is 12.6. The Morgan fingerprint density at radius 1 is 1.26 bits per heavy atom. The lowest BCUT2D eigenvalue weighted by molar-refractivity contribution is 0.509. The van der Waals surface area contributed by atoms with Crippen LogP contribution in [0.2, 0.25) is 10.3 Å². The van der Waals surface area contributed by atoms with E-state index >= 15 is 0 Å². The van der Waals surface area contributed by atoms with E-state index in [1.54, 1.807) is 11.3 Å². The summed E-state index contributed by atoms with van der Waals surface area (Å²) in [7, 11) is 0. The smallest absolute Gasteiger partial charge is 0.225 e. The minimum absolute atomic E-state index is 0.272. The van der Waals surface area contributed by atoms with Crippen LogP contribution >= 0.6 is 34.5 Å². The van der Waals surface area contributed by atoms with Crippen molar-refractivity contribution in [2.45, 2.75) is 26.2 Å². The fourth-order valence-corrected chi connectivity index (χ4v) is 4.90. The Hall–Kier alpha value is -1.36. The summed E-state index contributed by atoms with van der Waals surface area (Å²) in [4.78, 5) is 11.3. The van der Waals surface area contributed by atoms with Gasteiger partial charge in [0.15, 0.2) is 0 Å². The quantitative estimate of drug-likeness (QED) is 0.578. The number of benzene rings is 1. The summed E-state index contributed by atoms with van der Waals surface area (Å²) >= 11 is 13.9. The first kappa shape index (κ1) is 15.2. The van der Waals surface area contributed by atoms with E-state index in [1.807, 2.05) is 24.3 Å². The molecule has 0 spiro atoms. The molecule has 0 amide bonds. The Morgan fingerprint density at radius 2 is 2.13 bits per heavy atom. The van der Waals surface area contributed by atoms with Gasteiger partial charge in [-0.1, -0.05) is 24.6 Å². The number of aryl methyl sites for hydroxylation is 1. The highest BCUT2D eigenvalue weighted by molar-refractivity contribution is 7.19. The Kier molecular flexibility index (Phi) is 3.92. The molecule has 1 atom stereocenters. The lowest BCUT2D eigenvalue weighted by atomic mass is 9.89. The van der Waals surface area contributed by atoms with Crippen molar-refractivity contribution < 1.29 is 0 Å². The van der Waals surface area contributed by atoms with E-state index in [4.69, 9.17) is 23.2 Å². The van der Waals surface area contributed by atoms with Gasteiger partial charge < -0.3 is 5.32 Å². The molecule has 23 heavy (non-hydrogen) atoms. The molecule has 0 aliphatic heterocycles. The molecule has 1 aliphatic carbocycles. The largest absolute Gasteiger partial charge is 0.339 e. The highest BCUT2D eigenvalue weighted by Gasteiger charge is 2.23.